The maximum Gasteiger partial charge on any atom is 0.349 e. The van der Waals surface area contributed by atoms with Gasteiger partial charge in [-0.25, -0.2) is 4.79 Å². The van der Waals surface area contributed by atoms with E-state index >= 15 is 0 Å². The van der Waals surface area contributed by atoms with Gasteiger partial charge in [-0.1, -0.05) is 18.1 Å². The Morgan fingerprint density at radius 3 is 2.27 bits per heavy atom. The molecule has 0 aromatic carbocycles. The van der Waals surface area contributed by atoms with Crippen molar-refractivity contribution in [3.05, 3.63) is 44.8 Å². The summed E-state index contributed by atoms with van der Waals surface area (Å²) >= 11 is 2.76. The minimum absolute atomic E-state index is 0.00377. The molecule has 1 N–H and O–H groups in total. The first-order valence-corrected chi connectivity index (χ1v) is 12.3. The molecule has 2 aromatic rings. The van der Waals surface area contributed by atoms with Crippen LogP contribution in [0.3, 0.4) is 0 Å². The lowest BCUT2D eigenvalue weighted by molar-refractivity contribution is -0.939. The third-order valence-electron chi connectivity index (χ3n) is 6.23. The summed E-state index contributed by atoms with van der Waals surface area (Å²) in [7, 11) is 0. The van der Waals surface area contributed by atoms with Crippen molar-refractivity contribution in [2.45, 2.75) is 45.3 Å². The average molecular weight is 445 g/mol. The Bertz CT molecular complexity index is 889. The quantitative estimate of drug-likeness (QED) is 0.426. The Labute approximate surface area is 187 Å². The Morgan fingerprint density at radius 1 is 1.17 bits per heavy atom. The number of hydrogen-bond acceptors (Lipinski definition) is 5. The molecular formula is C24H30NO3S2+. The van der Waals surface area contributed by atoms with Crippen LogP contribution in [-0.4, -0.2) is 47.8 Å². The van der Waals surface area contributed by atoms with Crippen LogP contribution in [0.15, 0.2) is 35.0 Å². The normalized spacial score (nSPS) is 26.1. The molecular weight excluding hydrogens is 414 g/mol. The number of aliphatic hydroxyl groups is 1. The van der Waals surface area contributed by atoms with Gasteiger partial charge in [-0.3, -0.25) is 0 Å². The van der Waals surface area contributed by atoms with Gasteiger partial charge in [0.1, 0.15) is 13.1 Å². The first kappa shape index (κ1) is 21.6. The summed E-state index contributed by atoms with van der Waals surface area (Å²) in [5.41, 5.74) is -1.73. The number of carbonyl (C=O) groups excluding carboxylic acids is 1. The number of piperidine rings is 3. The molecule has 0 spiro atoms. The largest absolute Gasteiger partial charge is 0.453 e. The highest BCUT2D eigenvalue weighted by molar-refractivity contribution is 7.12. The number of hydrogen-bond donors (Lipinski definition) is 1. The molecule has 3 fully saturated rings. The first-order chi connectivity index (χ1) is 14.2. The fourth-order valence-electron chi connectivity index (χ4n) is 4.56. The molecule has 0 saturated carbocycles. The van der Waals surface area contributed by atoms with Crippen LogP contribution < -0.4 is 0 Å². The first-order valence-electron chi connectivity index (χ1n) is 10.6. The summed E-state index contributed by atoms with van der Waals surface area (Å²) in [4.78, 5) is 14.6. The second-order valence-corrected chi connectivity index (χ2v) is 11.5. The van der Waals surface area contributed by atoms with Crippen LogP contribution in [0.2, 0.25) is 0 Å². The monoisotopic (exact) mass is 444 g/mol. The Hall–Kier alpha value is -1.65. The van der Waals surface area contributed by atoms with Crippen LogP contribution in [0.25, 0.3) is 0 Å². The smallest absolute Gasteiger partial charge is 0.349 e. The van der Waals surface area contributed by atoms with Crippen molar-refractivity contribution in [3.63, 3.8) is 0 Å². The van der Waals surface area contributed by atoms with Crippen LogP contribution in [0.1, 0.15) is 43.4 Å². The summed E-state index contributed by atoms with van der Waals surface area (Å²) < 4.78 is 6.97. The lowest BCUT2D eigenvalue weighted by atomic mass is 9.83. The van der Waals surface area contributed by atoms with Gasteiger partial charge in [0, 0.05) is 24.2 Å². The molecule has 3 saturated heterocycles. The lowest BCUT2D eigenvalue weighted by Crippen LogP contribution is -2.65. The van der Waals surface area contributed by atoms with E-state index in [1.54, 1.807) is 12.1 Å². The van der Waals surface area contributed by atoms with E-state index in [0.717, 1.165) is 43.5 Å². The number of rotatable bonds is 5. The summed E-state index contributed by atoms with van der Waals surface area (Å²) in [6.45, 7) is 10.2. The van der Waals surface area contributed by atoms with Crippen molar-refractivity contribution < 1.29 is 19.1 Å². The molecule has 0 unspecified atom stereocenters. The highest BCUT2D eigenvalue weighted by Gasteiger charge is 2.51. The zero-order chi connectivity index (χ0) is 21.4. The molecule has 1 atom stereocenters. The predicted octanol–water partition coefficient (Wildman–Crippen LogP) is 4.25. The van der Waals surface area contributed by atoms with Gasteiger partial charge in [0.25, 0.3) is 0 Å². The van der Waals surface area contributed by atoms with Crippen LogP contribution >= 0.6 is 22.7 Å². The third-order valence-corrected chi connectivity index (χ3v) is 8.19. The van der Waals surface area contributed by atoms with E-state index in [0.29, 0.717) is 15.7 Å². The molecule has 4 nitrogen and oxygen atoms in total. The molecule has 5 heterocycles. The molecule has 30 heavy (non-hydrogen) atoms. The van der Waals surface area contributed by atoms with Crippen LogP contribution in [0.5, 0.6) is 0 Å². The summed E-state index contributed by atoms with van der Waals surface area (Å²) in [6.07, 6.45) is 1.93. The highest BCUT2D eigenvalue weighted by Crippen LogP contribution is 2.40. The molecule has 2 bridgehead atoms. The maximum absolute atomic E-state index is 13.4. The van der Waals surface area contributed by atoms with E-state index in [1.165, 1.54) is 22.7 Å². The number of thiophene rings is 2. The standard InChI is InChI=1S/C24H30NO3S2/c1-23(2,3)11-6-12-25-13-9-18(10-14-25)19(17-25)28-22(26)24(27,20-7-4-15-29-20)21-8-5-16-30-21/h4-5,7-8,15-16,18-19,27H,9-10,12-14,17H2,1-3H3/q+1/t18?,19-,25?/m0/s1. The number of ether oxygens (including phenoxy) is 1. The summed E-state index contributed by atoms with van der Waals surface area (Å²) in [5.74, 6) is 6.57. The predicted molar refractivity (Wildman–Crippen MR) is 121 cm³/mol. The minimum atomic E-state index is -1.73. The van der Waals surface area contributed by atoms with E-state index < -0.39 is 11.6 Å². The highest BCUT2D eigenvalue weighted by atomic mass is 32.1. The fraction of sp³-hybridized carbons (Fsp3) is 0.542. The molecule has 5 rings (SSSR count). The molecule has 160 valence electrons. The second-order valence-electron chi connectivity index (χ2n) is 9.63. The number of carbonyl (C=O) groups is 1. The zero-order valence-corrected chi connectivity index (χ0v) is 19.5. The molecule has 3 aliphatic heterocycles. The van der Waals surface area contributed by atoms with E-state index in [9.17, 15) is 9.90 Å². The lowest BCUT2D eigenvalue weighted by Gasteiger charge is -2.51. The van der Waals surface area contributed by atoms with Crippen molar-refractivity contribution in [2.75, 3.05) is 26.2 Å². The zero-order valence-electron chi connectivity index (χ0n) is 17.9. The molecule has 6 heteroatoms. The van der Waals surface area contributed by atoms with Gasteiger partial charge in [-0.15, -0.1) is 22.7 Å². The van der Waals surface area contributed by atoms with Crippen LogP contribution in [0, 0.1) is 23.2 Å². The minimum Gasteiger partial charge on any atom is -0.453 e. The number of nitrogens with zero attached hydrogens (tertiary/aromatic N) is 1. The van der Waals surface area contributed by atoms with Crippen molar-refractivity contribution in [1.82, 2.24) is 0 Å². The Morgan fingerprint density at radius 2 is 1.77 bits per heavy atom. The van der Waals surface area contributed by atoms with Gasteiger partial charge in [-0.05, 0) is 49.6 Å². The Balaban J connectivity index is 1.53. The molecule has 2 aromatic heterocycles. The van der Waals surface area contributed by atoms with E-state index in [2.05, 4.69) is 32.6 Å². The van der Waals surface area contributed by atoms with Gasteiger partial charge in [0.2, 0.25) is 5.60 Å². The average Bonchev–Trinajstić information content (AvgIpc) is 3.41. The van der Waals surface area contributed by atoms with Crippen molar-refractivity contribution in [1.29, 1.82) is 0 Å². The van der Waals surface area contributed by atoms with E-state index in [1.807, 2.05) is 22.9 Å². The SMILES string of the molecule is CC(C)(C)C#CC[N+]12CCC(CC1)[C@@H](OC(=O)C(O)(c1cccs1)c1cccs1)C2. The van der Waals surface area contributed by atoms with Crippen LogP contribution in [-0.2, 0) is 15.1 Å². The number of esters is 1. The van der Waals surface area contributed by atoms with Crippen molar-refractivity contribution in [3.8, 4) is 11.8 Å². The van der Waals surface area contributed by atoms with Crippen LogP contribution in [0.4, 0.5) is 0 Å². The van der Waals surface area contributed by atoms with E-state index in [4.69, 9.17) is 4.74 Å². The number of quaternary nitrogens is 1. The van der Waals surface area contributed by atoms with Gasteiger partial charge < -0.3 is 14.3 Å². The summed E-state index contributed by atoms with van der Waals surface area (Å²) in [6, 6.07) is 7.32. The fourth-order valence-corrected chi connectivity index (χ4v) is 6.28. The van der Waals surface area contributed by atoms with Gasteiger partial charge >= 0.3 is 5.97 Å². The third kappa shape index (κ3) is 4.22. The number of fused-ring (bicyclic) bond motifs is 3. The molecule has 3 aliphatic rings. The van der Waals surface area contributed by atoms with Gasteiger partial charge in [0.15, 0.2) is 6.10 Å². The maximum atomic E-state index is 13.4. The summed E-state index contributed by atoms with van der Waals surface area (Å²) in [5, 5.41) is 15.3. The van der Waals surface area contributed by atoms with Gasteiger partial charge in [0.05, 0.1) is 22.8 Å². The van der Waals surface area contributed by atoms with E-state index in [-0.39, 0.29) is 11.5 Å². The molecule has 0 aliphatic carbocycles. The van der Waals surface area contributed by atoms with Gasteiger partial charge in [-0.2, -0.15) is 0 Å². The second kappa shape index (κ2) is 8.12. The molecule has 0 radical (unpaired) electrons. The topological polar surface area (TPSA) is 46.5 Å². The Kier molecular flexibility index (Phi) is 5.84. The van der Waals surface area contributed by atoms with Crippen molar-refractivity contribution in [2.24, 2.45) is 11.3 Å². The van der Waals surface area contributed by atoms with Crippen molar-refractivity contribution >= 4 is 28.6 Å². The molecule has 0 amide bonds.